The number of hydrogen-bond donors (Lipinski definition) is 1. The predicted molar refractivity (Wildman–Crippen MR) is 165 cm³/mol. The number of nitrogens with zero attached hydrogens (tertiary/aromatic N) is 2. The first kappa shape index (κ1) is 30.6. The highest BCUT2D eigenvalue weighted by Crippen LogP contribution is 2.46. The van der Waals surface area contributed by atoms with Gasteiger partial charge in [0, 0.05) is 41.8 Å². The van der Waals surface area contributed by atoms with Crippen LogP contribution in [0.25, 0.3) is 10.8 Å². The van der Waals surface area contributed by atoms with E-state index in [1.807, 2.05) is 45.9 Å². The number of nitrogens with one attached hydrogen (secondary N) is 1. The summed E-state index contributed by atoms with van der Waals surface area (Å²) >= 11 is 0. The van der Waals surface area contributed by atoms with Gasteiger partial charge in [-0.2, -0.15) is 0 Å². The van der Waals surface area contributed by atoms with Gasteiger partial charge >= 0.3 is 0 Å². The first-order valence-electron chi connectivity index (χ1n) is 15.4. The lowest BCUT2D eigenvalue weighted by Crippen LogP contribution is -2.55. The molecule has 236 valence electrons. The van der Waals surface area contributed by atoms with E-state index in [0.29, 0.717) is 25.3 Å². The van der Waals surface area contributed by atoms with Crippen LogP contribution in [0, 0.1) is 17.3 Å². The van der Waals surface area contributed by atoms with Crippen molar-refractivity contribution < 1.29 is 32.3 Å². The average Bonchev–Trinajstić information content (AvgIpc) is 3.85. The van der Waals surface area contributed by atoms with Crippen LogP contribution in [0.2, 0.25) is 0 Å². The van der Waals surface area contributed by atoms with Crippen molar-refractivity contribution in [2.24, 2.45) is 17.3 Å². The van der Waals surface area contributed by atoms with Crippen LogP contribution < -0.4 is 14.8 Å². The van der Waals surface area contributed by atoms with Crippen molar-refractivity contribution in [2.75, 3.05) is 18.9 Å². The molecule has 1 aromatic heterocycles. The van der Waals surface area contributed by atoms with E-state index in [0.717, 1.165) is 28.5 Å². The molecule has 44 heavy (non-hydrogen) atoms. The number of fused-ring (bicyclic) bond motifs is 3. The lowest BCUT2D eigenvalue weighted by atomic mass is 9.81. The summed E-state index contributed by atoms with van der Waals surface area (Å²) in [5.41, 5.74) is -0.576. The zero-order chi connectivity index (χ0) is 31.6. The van der Waals surface area contributed by atoms with Gasteiger partial charge < -0.3 is 19.7 Å². The molecule has 4 aliphatic rings. The van der Waals surface area contributed by atoms with Gasteiger partial charge in [-0.3, -0.25) is 14.4 Å². The van der Waals surface area contributed by atoms with E-state index < -0.39 is 56.1 Å². The maximum Gasteiger partial charge on any atom is 0.243 e. The Hall–Kier alpha value is -3.47. The van der Waals surface area contributed by atoms with Gasteiger partial charge in [-0.15, -0.1) is 6.58 Å². The Bertz CT molecular complexity index is 1640. The molecule has 3 fully saturated rings. The summed E-state index contributed by atoms with van der Waals surface area (Å²) < 4.78 is 37.4. The van der Waals surface area contributed by atoms with Crippen molar-refractivity contribution in [3.05, 3.63) is 42.6 Å². The number of ether oxygens (including phenoxy) is 2. The van der Waals surface area contributed by atoms with Crippen molar-refractivity contribution in [3.63, 3.8) is 0 Å². The molecule has 3 heterocycles. The first-order chi connectivity index (χ1) is 20.7. The molecule has 0 radical (unpaired) electrons. The number of carbonyl (C=O) groups excluding carboxylic acids is 3. The lowest BCUT2D eigenvalue weighted by molar-refractivity contribution is -0.144. The summed E-state index contributed by atoms with van der Waals surface area (Å²) in [5, 5.41) is 4.25. The molecule has 2 aromatic rings. The van der Waals surface area contributed by atoms with Gasteiger partial charge in [-0.25, -0.2) is 13.4 Å². The molecule has 2 aliphatic carbocycles. The van der Waals surface area contributed by atoms with Gasteiger partial charge in [-0.1, -0.05) is 33.8 Å². The zero-order valence-corrected chi connectivity index (χ0v) is 26.6. The molecular weight excluding hydrogens is 582 g/mol. The SMILES string of the molecule is C=C[C@@H]1C[C@]1(NC(=O)[C@@H]1C[C@@H](Oc2nccc3c4c(ccc23)OCC4)CN1C(=O)[C@@H](C)C(C)(C)C)C(=O)CS(=O)(=O)C1CC1. The Morgan fingerprint density at radius 1 is 1.23 bits per heavy atom. The van der Waals surface area contributed by atoms with E-state index in [1.165, 1.54) is 0 Å². The van der Waals surface area contributed by atoms with Gasteiger partial charge in [0.2, 0.25) is 17.7 Å². The molecule has 2 saturated carbocycles. The molecular formula is C33H41N3O7S. The predicted octanol–water partition coefficient (Wildman–Crippen LogP) is 3.41. The highest BCUT2D eigenvalue weighted by molar-refractivity contribution is 7.93. The fourth-order valence-corrected chi connectivity index (χ4v) is 8.15. The van der Waals surface area contributed by atoms with Gasteiger partial charge in [-0.05, 0) is 48.3 Å². The normalized spacial score (nSPS) is 26.9. The molecule has 2 amide bonds. The van der Waals surface area contributed by atoms with Crippen LogP contribution in [0.15, 0.2) is 37.1 Å². The minimum atomic E-state index is -3.57. The standard InChI is InChI=1S/C33H41N3O7S/c1-6-20-16-33(20,28(37)18-44(40,41)22-7-8-22)35-29(38)26-15-21(17-36(26)31(39)19(2)32(3,4)5)43-30-25-9-10-27-24(12-14-42-27)23(25)11-13-34-30/h6,9-11,13,19-22,26H,1,7-8,12,14-18H2,2-5H3,(H,35,38)/t19-,20-,21-,26+,33-/m1/s1. The van der Waals surface area contributed by atoms with Crippen molar-refractivity contribution in [1.29, 1.82) is 0 Å². The van der Waals surface area contributed by atoms with Crippen molar-refractivity contribution in [2.45, 2.75) is 82.7 Å². The second kappa shape index (κ2) is 10.9. The summed E-state index contributed by atoms with van der Waals surface area (Å²) in [6.07, 6.45) is 5.15. The van der Waals surface area contributed by atoms with Crippen LogP contribution in [-0.4, -0.2) is 77.7 Å². The van der Waals surface area contributed by atoms with Crippen molar-refractivity contribution >= 4 is 38.2 Å². The number of Topliss-reactive ketones (excluding diaryl/α,β-unsaturated/α-hetero) is 1. The number of likely N-dealkylation sites (tertiary alicyclic amines) is 1. The molecule has 1 N–H and O–H groups in total. The third kappa shape index (κ3) is 5.48. The van der Waals surface area contributed by atoms with E-state index in [9.17, 15) is 22.8 Å². The summed E-state index contributed by atoms with van der Waals surface area (Å²) in [5.74, 6) is -1.29. The third-order valence-corrected chi connectivity index (χ3v) is 12.0. The number of rotatable bonds is 10. The highest BCUT2D eigenvalue weighted by atomic mass is 32.2. The average molecular weight is 624 g/mol. The Morgan fingerprint density at radius 2 is 1.98 bits per heavy atom. The molecule has 6 rings (SSSR count). The Kier molecular flexibility index (Phi) is 7.54. The molecule has 2 aliphatic heterocycles. The maximum atomic E-state index is 14.0. The molecule has 11 heteroatoms. The fraction of sp³-hybridized carbons (Fsp3) is 0.576. The number of benzene rings is 1. The lowest BCUT2D eigenvalue weighted by Gasteiger charge is -2.33. The second-order valence-corrected chi connectivity index (χ2v) is 16.1. The van der Waals surface area contributed by atoms with Crippen LogP contribution in [0.1, 0.15) is 58.9 Å². The maximum absolute atomic E-state index is 14.0. The number of carbonyl (C=O) groups is 3. The monoisotopic (exact) mass is 623 g/mol. The van der Waals surface area contributed by atoms with Crippen LogP contribution in [0.4, 0.5) is 0 Å². The third-order valence-electron chi connectivity index (χ3n) is 9.89. The number of aromatic nitrogens is 1. The van der Waals surface area contributed by atoms with E-state index in [4.69, 9.17) is 9.47 Å². The largest absolute Gasteiger partial charge is 0.493 e. The topological polar surface area (TPSA) is 132 Å². The number of sulfone groups is 1. The number of pyridine rings is 1. The minimum absolute atomic E-state index is 0.172. The summed E-state index contributed by atoms with van der Waals surface area (Å²) in [6.45, 7) is 12.4. The highest BCUT2D eigenvalue weighted by Gasteiger charge is 2.61. The van der Waals surface area contributed by atoms with Crippen LogP contribution >= 0.6 is 0 Å². The van der Waals surface area contributed by atoms with Crippen LogP contribution in [0.5, 0.6) is 11.6 Å². The van der Waals surface area contributed by atoms with Crippen LogP contribution in [0.3, 0.4) is 0 Å². The minimum Gasteiger partial charge on any atom is -0.493 e. The van der Waals surface area contributed by atoms with E-state index in [2.05, 4.69) is 16.9 Å². The molecule has 0 bridgehead atoms. The zero-order valence-electron chi connectivity index (χ0n) is 25.8. The number of ketones is 1. The summed E-state index contributed by atoms with van der Waals surface area (Å²) in [6, 6.07) is 4.86. The summed E-state index contributed by atoms with van der Waals surface area (Å²) in [7, 11) is -3.57. The molecule has 1 saturated heterocycles. The van der Waals surface area contributed by atoms with Crippen molar-refractivity contribution in [1.82, 2.24) is 15.2 Å². The van der Waals surface area contributed by atoms with E-state index >= 15 is 0 Å². The van der Waals surface area contributed by atoms with E-state index in [1.54, 1.807) is 17.2 Å². The summed E-state index contributed by atoms with van der Waals surface area (Å²) in [4.78, 5) is 47.3. The van der Waals surface area contributed by atoms with Gasteiger partial charge in [0.25, 0.3) is 0 Å². The Labute approximate surface area is 258 Å². The molecule has 0 spiro atoms. The number of amides is 2. The van der Waals surface area contributed by atoms with Crippen LogP contribution in [-0.2, 0) is 30.6 Å². The molecule has 10 nitrogen and oxygen atoms in total. The molecule has 5 atom stereocenters. The Morgan fingerprint density at radius 3 is 2.64 bits per heavy atom. The second-order valence-electron chi connectivity index (χ2n) is 13.9. The molecule has 1 aromatic carbocycles. The smallest absolute Gasteiger partial charge is 0.243 e. The van der Waals surface area contributed by atoms with E-state index in [-0.39, 0.29) is 36.6 Å². The molecule has 0 unspecified atom stereocenters. The fourth-order valence-electron chi connectivity index (χ4n) is 6.44. The van der Waals surface area contributed by atoms with Gasteiger partial charge in [0.15, 0.2) is 15.6 Å². The van der Waals surface area contributed by atoms with Gasteiger partial charge in [0.1, 0.15) is 29.2 Å². The van der Waals surface area contributed by atoms with Crippen molar-refractivity contribution in [3.8, 4) is 11.6 Å². The first-order valence-corrected chi connectivity index (χ1v) is 17.2. The van der Waals surface area contributed by atoms with Gasteiger partial charge in [0.05, 0.1) is 18.4 Å². The number of hydrogen-bond acceptors (Lipinski definition) is 8. The quantitative estimate of drug-likeness (QED) is 0.399. The Balaban J connectivity index is 1.26.